The summed E-state index contributed by atoms with van der Waals surface area (Å²) in [5, 5.41) is 0. The molecule has 1 aromatic carbocycles. The minimum Gasteiger partial charge on any atom is -0.389 e. The predicted molar refractivity (Wildman–Crippen MR) is 89.6 cm³/mol. The Labute approximate surface area is 131 Å². The number of anilines is 1. The monoisotopic (exact) mass is 327 g/mol. The van der Waals surface area contributed by atoms with Crippen LogP contribution in [0.1, 0.15) is 37.3 Å². The Hall–Kier alpha value is -1.18. The minimum atomic E-state index is -3.55. The standard InChI is InChI=1S/C14H21N3O2S2/c1-10-6-7-12(14(15)20)9-13(10)16-21(18,19)17-8-4-3-5-11(17)2/h6-7,9,11,16H,3-5,8H2,1-2H3,(H2,15,20). The Morgan fingerprint density at radius 3 is 2.76 bits per heavy atom. The SMILES string of the molecule is Cc1ccc(C(N)=S)cc1NS(=O)(=O)N1CCCCC1C. The highest BCUT2D eigenvalue weighted by Crippen LogP contribution is 2.24. The van der Waals surface area contributed by atoms with E-state index in [1.807, 2.05) is 19.9 Å². The molecule has 1 aliphatic rings. The van der Waals surface area contributed by atoms with E-state index in [2.05, 4.69) is 4.72 Å². The highest BCUT2D eigenvalue weighted by Gasteiger charge is 2.29. The van der Waals surface area contributed by atoms with Crippen molar-refractivity contribution >= 4 is 33.1 Å². The molecule has 21 heavy (non-hydrogen) atoms. The van der Waals surface area contributed by atoms with Crippen LogP contribution in [0.25, 0.3) is 0 Å². The maximum absolute atomic E-state index is 12.5. The number of piperidine rings is 1. The topological polar surface area (TPSA) is 75.4 Å². The van der Waals surface area contributed by atoms with Crippen molar-refractivity contribution in [2.24, 2.45) is 5.73 Å². The van der Waals surface area contributed by atoms with Gasteiger partial charge in [0, 0.05) is 18.2 Å². The van der Waals surface area contributed by atoms with Gasteiger partial charge in [0.2, 0.25) is 0 Å². The van der Waals surface area contributed by atoms with Crippen LogP contribution in [0.2, 0.25) is 0 Å². The largest absolute Gasteiger partial charge is 0.389 e. The summed E-state index contributed by atoms with van der Waals surface area (Å²) in [4.78, 5) is 0.252. The van der Waals surface area contributed by atoms with Gasteiger partial charge in [-0.05, 0) is 38.3 Å². The molecule has 0 aromatic heterocycles. The van der Waals surface area contributed by atoms with Crippen molar-refractivity contribution in [3.8, 4) is 0 Å². The van der Waals surface area contributed by atoms with Gasteiger partial charge in [-0.2, -0.15) is 12.7 Å². The molecule has 1 aromatic rings. The van der Waals surface area contributed by atoms with Gasteiger partial charge in [-0.15, -0.1) is 0 Å². The fraction of sp³-hybridized carbons (Fsp3) is 0.500. The van der Waals surface area contributed by atoms with Crippen LogP contribution in [0.4, 0.5) is 5.69 Å². The lowest BCUT2D eigenvalue weighted by atomic mass is 10.1. The first kappa shape index (κ1) is 16.2. The summed E-state index contributed by atoms with van der Waals surface area (Å²) < 4.78 is 29.3. The van der Waals surface area contributed by atoms with Crippen molar-refractivity contribution in [1.82, 2.24) is 4.31 Å². The van der Waals surface area contributed by atoms with Gasteiger partial charge < -0.3 is 5.73 Å². The fourth-order valence-electron chi connectivity index (χ4n) is 2.51. The third kappa shape index (κ3) is 3.72. The Bertz CT molecular complexity index is 644. The van der Waals surface area contributed by atoms with E-state index in [1.165, 1.54) is 4.31 Å². The molecule has 0 spiro atoms. The summed E-state index contributed by atoms with van der Waals surface area (Å²) in [6, 6.07) is 5.31. The van der Waals surface area contributed by atoms with E-state index >= 15 is 0 Å². The van der Waals surface area contributed by atoms with Crippen molar-refractivity contribution in [3.63, 3.8) is 0 Å². The molecular formula is C14H21N3O2S2. The first-order chi connectivity index (χ1) is 9.81. The van der Waals surface area contributed by atoms with Gasteiger partial charge in [-0.3, -0.25) is 4.72 Å². The second-order valence-corrected chi connectivity index (χ2v) is 7.52. The number of nitrogens with zero attached hydrogens (tertiary/aromatic N) is 1. The second-order valence-electron chi connectivity index (χ2n) is 5.46. The van der Waals surface area contributed by atoms with Crippen LogP contribution in [0, 0.1) is 6.92 Å². The van der Waals surface area contributed by atoms with Crippen molar-refractivity contribution in [3.05, 3.63) is 29.3 Å². The van der Waals surface area contributed by atoms with Crippen molar-refractivity contribution in [2.45, 2.75) is 39.2 Å². The molecule has 1 atom stereocenters. The molecule has 2 rings (SSSR count). The number of nitrogens with two attached hydrogens (primary N) is 1. The smallest absolute Gasteiger partial charge is 0.301 e. The Morgan fingerprint density at radius 1 is 1.43 bits per heavy atom. The average Bonchev–Trinajstić information content (AvgIpc) is 2.41. The summed E-state index contributed by atoms with van der Waals surface area (Å²) in [5.41, 5.74) is 7.62. The molecular weight excluding hydrogens is 306 g/mol. The van der Waals surface area contributed by atoms with Gasteiger partial charge in [0.1, 0.15) is 4.99 Å². The van der Waals surface area contributed by atoms with Crippen LogP contribution in [0.5, 0.6) is 0 Å². The molecule has 0 saturated carbocycles. The van der Waals surface area contributed by atoms with E-state index in [4.69, 9.17) is 18.0 Å². The van der Waals surface area contributed by atoms with E-state index < -0.39 is 10.2 Å². The van der Waals surface area contributed by atoms with Crippen molar-refractivity contribution in [2.75, 3.05) is 11.3 Å². The van der Waals surface area contributed by atoms with Crippen LogP contribution in [0.15, 0.2) is 18.2 Å². The van der Waals surface area contributed by atoms with Gasteiger partial charge in [-0.1, -0.05) is 30.8 Å². The molecule has 7 heteroatoms. The molecule has 0 aliphatic carbocycles. The normalized spacial score (nSPS) is 20.2. The molecule has 0 bridgehead atoms. The van der Waals surface area contributed by atoms with Gasteiger partial charge in [-0.25, -0.2) is 0 Å². The van der Waals surface area contributed by atoms with E-state index in [1.54, 1.807) is 12.1 Å². The van der Waals surface area contributed by atoms with Crippen molar-refractivity contribution in [1.29, 1.82) is 0 Å². The molecule has 116 valence electrons. The van der Waals surface area contributed by atoms with Gasteiger partial charge >= 0.3 is 10.2 Å². The second kappa shape index (κ2) is 6.29. The van der Waals surface area contributed by atoms with Crippen LogP contribution >= 0.6 is 12.2 Å². The maximum Gasteiger partial charge on any atom is 0.301 e. The third-order valence-corrected chi connectivity index (χ3v) is 5.69. The zero-order chi connectivity index (χ0) is 15.6. The van der Waals surface area contributed by atoms with Crippen LogP contribution in [0.3, 0.4) is 0 Å². The van der Waals surface area contributed by atoms with Crippen LogP contribution < -0.4 is 10.5 Å². The average molecular weight is 327 g/mol. The van der Waals surface area contributed by atoms with E-state index in [0.717, 1.165) is 24.8 Å². The first-order valence-corrected chi connectivity index (χ1v) is 8.86. The number of rotatable bonds is 4. The molecule has 1 aliphatic heterocycles. The Morgan fingerprint density at radius 2 is 2.14 bits per heavy atom. The number of thiocarbonyl (C=S) groups is 1. The first-order valence-electron chi connectivity index (χ1n) is 7.01. The number of hydrogen-bond acceptors (Lipinski definition) is 3. The van der Waals surface area contributed by atoms with Crippen molar-refractivity contribution < 1.29 is 8.42 Å². The molecule has 3 N–H and O–H groups in total. The third-order valence-electron chi connectivity index (χ3n) is 3.81. The summed E-state index contributed by atoms with van der Waals surface area (Å²) in [6.45, 7) is 4.35. The quantitative estimate of drug-likeness (QED) is 0.831. The summed E-state index contributed by atoms with van der Waals surface area (Å²) in [7, 11) is -3.55. The van der Waals surface area contributed by atoms with Crippen LogP contribution in [-0.2, 0) is 10.2 Å². The zero-order valence-corrected chi connectivity index (χ0v) is 13.9. The molecule has 5 nitrogen and oxygen atoms in total. The minimum absolute atomic E-state index is 0.0234. The zero-order valence-electron chi connectivity index (χ0n) is 12.3. The molecule has 0 amide bonds. The molecule has 1 heterocycles. The number of nitrogens with one attached hydrogen (secondary N) is 1. The number of hydrogen-bond donors (Lipinski definition) is 2. The fourth-order valence-corrected chi connectivity index (χ4v) is 4.20. The highest BCUT2D eigenvalue weighted by molar-refractivity contribution is 7.90. The van der Waals surface area contributed by atoms with E-state index in [-0.39, 0.29) is 11.0 Å². The van der Waals surface area contributed by atoms with E-state index in [0.29, 0.717) is 17.8 Å². The Kier molecular flexibility index (Phi) is 4.85. The van der Waals surface area contributed by atoms with Gasteiger partial charge in [0.25, 0.3) is 0 Å². The highest BCUT2D eigenvalue weighted by atomic mass is 32.2. The molecule has 0 radical (unpaired) electrons. The summed E-state index contributed by atoms with van der Waals surface area (Å²) in [5.74, 6) is 0. The number of aryl methyl sites for hydroxylation is 1. The molecule has 1 saturated heterocycles. The summed E-state index contributed by atoms with van der Waals surface area (Å²) in [6.07, 6.45) is 2.87. The summed E-state index contributed by atoms with van der Waals surface area (Å²) >= 11 is 4.94. The van der Waals surface area contributed by atoms with Gasteiger partial charge in [0.15, 0.2) is 0 Å². The Balaban J connectivity index is 2.27. The van der Waals surface area contributed by atoms with Crippen LogP contribution in [-0.4, -0.2) is 30.3 Å². The van der Waals surface area contributed by atoms with E-state index in [9.17, 15) is 8.42 Å². The lowest BCUT2D eigenvalue weighted by Crippen LogP contribution is -2.44. The number of benzene rings is 1. The maximum atomic E-state index is 12.5. The molecule has 1 fully saturated rings. The lowest BCUT2D eigenvalue weighted by Gasteiger charge is -2.32. The predicted octanol–water partition coefficient (Wildman–Crippen LogP) is 2.16. The van der Waals surface area contributed by atoms with Gasteiger partial charge in [0.05, 0.1) is 5.69 Å². The molecule has 1 unspecified atom stereocenters. The lowest BCUT2D eigenvalue weighted by molar-refractivity contribution is 0.270.